The Kier molecular flexibility index (Phi) is 7.57. The zero-order valence-electron chi connectivity index (χ0n) is 19.7. The molecule has 8 heteroatoms. The molecule has 2 amide bonds. The number of benzene rings is 1. The van der Waals surface area contributed by atoms with E-state index in [4.69, 9.17) is 13.9 Å². The second kappa shape index (κ2) is 10.8. The Hall–Kier alpha value is -3.26. The van der Waals surface area contributed by atoms with Crippen molar-refractivity contribution in [1.29, 1.82) is 0 Å². The summed E-state index contributed by atoms with van der Waals surface area (Å²) in [6.07, 6.45) is 4.20. The van der Waals surface area contributed by atoms with Crippen molar-refractivity contribution in [2.45, 2.75) is 51.1 Å². The number of ether oxygens (including phenoxy) is 2. The monoisotopic (exact) mass is 482 g/mol. The Labute approximate surface area is 203 Å². The lowest BCUT2D eigenvalue weighted by atomic mass is 10.1. The standard InChI is InChI=1S/C26H30N2O5S/c1-17-10-11-23(33-17)25(26(30)27-18-7-4-5-8-18)28(24(29)16-22-9-6-12-34-22)19-13-20(31-2)15-21(14-19)32-3/h6,9-15,18,25H,4-5,7-8,16H2,1-3H3,(H,27,30)/t25-/m1/s1. The summed E-state index contributed by atoms with van der Waals surface area (Å²) in [6, 6.07) is 11.7. The number of aryl methyl sites for hydroxylation is 1. The van der Waals surface area contributed by atoms with Gasteiger partial charge in [0, 0.05) is 29.1 Å². The van der Waals surface area contributed by atoms with E-state index in [0.29, 0.717) is 28.7 Å². The van der Waals surface area contributed by atoms with Gasteiger partial charge in [-0.05, 0) is 43.3 Å². The zero-order chi connectivity index (χ0) is 24.1. The molecule has 2 heterocycles. The molecule has 1 aromatic carbocycles. The Morgan fingerprint density at radius 3 is 2.38 bits per heavy atom. The third-order valence-electron chi connectivity index (χ3n) is 6.03. The minimum absolute atomic E-state index is 0.0974. The summed E-state index contributed by atoms with van der Waals surface area (Å²) < 4.78 is 16.8. The molecule has 0 aliphatic heterocycles. The molecule has 1 N–H and O–H groups in total. The number of nitrogens with zero attached hydrogens (tertiary/aromatic N) is 1. The van der Waals surface area contributed by atoms with Gasteiger partial charge < -0.3 is 19.2 Å². The molecule has 7 nitrogen and oxygen atoms in total. The normalized spacial score (nSPS) is 14.6. The van der Waals surface area contributed by atoms with Gasteiger partial charge in [0.15, 0.2) is 6.04 Å². The number of hydrogen-bond donors (Lipinski definition) is 1. The van der Waals surface area contributed by atoms with Crippen LogP contribution in [0.1, 0.15) is 48.1 Å². The SMILES string of the molecule is COc1cc(OC)cc(N(C(=O)Cc2cccs2)[C@@H](C(=O)NC2CCCC2)c2ccc(C)o2)c1. The van der Waals surface area contributed by atoms with Crippen LogP contribution in [0.25, 0.3) is 0 Å². The summed E-state index contributed by atoms with van der Waals surface area (Å²) in [6.45, 7) is 1.82. The van der Waals surface area contributed by atoms with Crippen LogP contribution in [0.5, 0.6) is 11.5 Å². The molecule has 0 bridgehead atoms. The van der Waals surface area contributed by atoms with Gasteiger partial charge in [-0.25, -0.2) is 0 Å². The van der Waals surface area contributed by atoms with Crippen LogP contribution in [0, 0.1) is 6.92 Å². The first-order valence-electron chi connectivity index (χ1n) is 11.4. The summed E-state index contributed by atoms with van der Waals surface area (Å²) in [5.41, 5.74) is 0.499. The van der Waals surface area contributed by atoms with E-state index in [0.717, 1.165) is 30.6 Å². The van der Waals surface area contributed by atoms with E-state index >= 15 is 0 Å². The van der Waals surface area contributed by atoms with Crippen molar-refractivity contribution < 1.29 is 23.5 Å². The lowest BCUT2D eigenvalue weighted by Gasteiger charge is -2.31. The summed E-state index contributed by atoms with van der Waals surface area (Å²) >= 11 is 1.50. The number of amides is 2. The van der Waals surface area contributed by atoms with Gasteiger partial charge in [-0.1, -0.05) is 18.9 Å². The molecule has 0 spiro atoms. The second-order valence-corrected chi connectivity index (χ2v) is 9.46. The van der Waals surface area contributed by atoms with E-state index < -0.39 is 6.04 Å². The Bertz CT molecular complexity index is 1100. The number of hydrogen-bond acceptors (Lipinski definition) is 6. The molecular weight excluding hydrogens is 452 g/mol. The molecular formula is C26H30N2O5S. The van der Waals surface area contributed by atoms with Crippen molar-refractivity contribution in [3.8, 4) is 11.5 Å². The summed E-state index contributed by atoms with van der Waals surface area (Å²) in [7, 11) is 3.10. The predicted molar refractivity (Wildman–Crippen MR) is 132 cm³/mol. The van der Waals surface area contributed by atoms with Crippen LogP contribution in [0.4, 0.5) is 5.69 Å². The fourth-order valence-corrected chi connectivity index (χ4v) is 5.04. The highest BCUT2D eigenvalue weighted by atomic mass is 32.1. The molecule has 1 aliphatic rings. The van der Waals surface area contributed by atoms with Gasteiger partial charge in [-0.15, -0.1) is 11.3 Å². The summed E-state index contributed by atoms with van der Waals surface area (Å²) in [4.78, 5) is 29.9. The van der Waals surface area contributed by atoms with Crippen LogP contribution in [0.3, 0.4) is 0 Å². The van der Waals surface area contributed by atoms with Crippen LogP contribution < -0.4 is 19.7 Å². The minimum atomic E-state index is -0.974. The van der Waals surface area contributed by atoms with E-state index in [-0.39, 0.29) is 24.3 Å². The number of rotatable bonds is 9. The highest BCUT2D eigenvalue weighted by Crippen LogP contribution is 2.35. The van der Waals surface area contributed by atoms with Crippen molar-refractivity contribution in [1.82, 2.24) is 5.32 Å². The number of carbonyl (C=O) groups excluding carboxylic acids is 2. The second-order valence-electron chi connectivity index (χ2n) is 8.43. The molecule has 34 heavy (non-hydrogen) atoms. The largest absolute Gasteiger partial charge is 0.497 e. The molecule has 180 valence electrons. The quantitative estimate of drug-likeness (QED) is 0.462. The first-order chi connectivity index (χ1) is 16.5. The number of nitrogens with one attached hydrogen (secondary N) is 1. The fourth-order valence-electron chi connectivity index (χ4n) is 4.34. The maximum absolute atomic E-state index is 13.8. The van der Waals surface area contributed by atoms with Gasteiger partial charge in [0.25, 0.3) is 5.91 Å². The maximum Gasteiger partial charge on any atom is 0.251 e. The topological polar surface area (TPSA) is 81.0 Å². The zero-order valence-corrected chi connectivity index (χ0v) is 20.5. The fraction of sp³-hybridized carbons (Fsp3) is 0.385. The van der Waals surface area contributed by atoms with Gasteiger partial charge in [-0.3, -0.25) is 14.5 Å². The highest BCUT2D eigenvalue weighted by molar-refractivity contribution is 7.10. The van der Waals surface area contributed by atoms with Crippen LogP contribution in [0.2, 0.25) is 0 Å². The predicted octanol–water partition coefficient (Wildman–Crippen LogP) is 5.04. The number of methoxy groups -OCH3 is 2. The van der Waals surface area contributed by atoms with E-state index in [1.165, 1.54) is 16.2 Å². The molecule has 2 aromatic heterocycles. The van der Waals surface area contributed by atoms with Crippen LogP contribution in [-0.4, -0.2) is 32.1 Å². The molecule has 4 rings (SSSR count). The number of thiophene rings is 1. The smallest absolute Gasteiger partial charge is 0.251 e. The van der Waals surface area contributed by atoms with E-state index in [2.05, 4.69) is 5.32 Å². The van der Waals surface area contributed by atoms with Gasteiger partial charge in [0.2, 0.25) is 5.91 Å². The van der Waals surface area contributed by atoms with Gasteiger partial charge in [-0.2, -0.15) is 0 Å². The summed E-state index contributed by atoms with van der Waals surface area (Å²) in [5, 5.41) is 5.09. The van der Waals surface area contributed by atoms with Crippen molar-refractivity contribution in [2.75, 3.05) is 19.1 Å². The number of carbonyl (C=O) groups is 2. The van der Waals surface area contributed by atoms with Crippen molar-refractivity contribution >= 4 is 28.8 Å². The highest BCUT2D eigenvalue weighted by Gasteiger charge is 2.37. The maximum atomic E-state index is 13.8. The molecule has 3 aromatic rings. The number of furan rings is 1. The molecule has 1 saturated carbocycles. The third kappa shape index (κ3) is 5.44. The first kappa shape index (κ1) is 23.9. The molecule has 0 radical (unpaired) electrons. The van der Waals surface area contributed by atoms with Crippen LogP contribution in [-0.2, 0) is 16.0 Å². The Morgan fingerprint density at radius 1 is 1.12 bits per heavy atom. The molecule has 0 unspecified atom stereocenters. The van der Waals surface area contributed by atoms with Crippen molar-refractivity contribution in [3.05, 3.63) is 64.2 Å². The Morgan fingerprint density at radius 2 is 1.82 bits per heavy atom. The third-order valence-corrected chi connectivity index (χ3v) is 6.90. The van der Waals surface area contributed by atoms with Crippen LogP contribution >= 0.6 is 11.3 Å². The van der Waals surface area contributed by atoms with Crippen molar-refractivity contribution in [3.63, 3.8) is 0 Å². The first-order valence-corrected chi connectivity index (χ1v) is 12.3. The minimum Gasteiger partial charge on any atom is -0.497 e. The lowest BCUT2D eigenvalue weighted by molar-refractivity contribution is -0.127. The summed E-state index contributed by atoms with van der Waals surface area (Å²) in [5.74, 6) is 1.64. The average molecular weight is 483 g/mol. The van der Waals surface area contributed by atoms with Gasteiger partial charge in [0.1, 0.15) is 23.0 Å². The van der Waals surface area contributed by atoms with E-state index in [1.807, 2.05) is 24.4 Å². The van der Waals surface area contributed by atoms with E-state index in [9.17, 15) is 9.59 Å². The van der Waals surface area contributed by atoms with Gasteiger partial charge in [0.05, 0.1) is 26.3 Å². The number of anilines is 1. The molecule has 1 atom stereocenters. The van der Waals surface area contributed by atoms with E-state index in [1.54, 1.807) is 44.6 Å². The molecule has 1 aliphatic carbocycles. The van der Waals surface area contributed by atoms with Crippen LogP contribution in [0.15, 0.2) is 52.3 Å². The molecule has 1 fully saturated rings. The van der Waals surface area contributed by atoms with Crippen molar-refractivity contribution in [2.24, 2.45) is 0 Å². The average Bonchev–Trinajstić information content (AvgIpc) is 3.61. The van der Waals surface area contributed by atoms with Gasteiger partial charge >= 0.3 is 0 Å². The lowest BCUT2D eigenvalue weighted by Crippen LogP contribution is -2.46. The molecule has 0 saturated heterocycles. The Balaban J connectivity index is 1.80.